The Morgan fingerprint density at radius 2 is 1.80 bits per heavy atom. The molecule has 6 nitrogen and oxygen atoms in total. The molecular formula is C23H24FNO5. The molecule has 0 aliphatic carbocycles. The molecule has 0 saturated carbocycles. The fourth-order valence-corrected chi connectivity index (χ4v) is 4.31. The van der Waals surface area contributed by atoms with Crippen LogP contribution in [0.2, 0.25) is 0 Å². The third-order valence-corrected chi connectivity index (χ3v) is 5.73. The second kappa shape index (κ2) is 8.83. The van der Waals surface area contributed by atoms with Crippen LogP contribution >= 0.6 is 0 Å². The molecule has 2 aromatic rings. The average Bonchev–Trinajstić information content (AvgIpc) is 2.76. The van der Waals surface area contributed by atoms with E-state index in [1.807, 2.05) is 30.3 Å². The van der Waals surface area contributed by atoms with Crippen LogP contribution in [0.1, 0.15) is 28.8 Å². The number of hydrogen-bond acceptors (Lipinski definition) is 5. The Kier molecular flexibility index (Phi) is 5.99. The molecule has 7 heteroatoms. The lowest BCUT2D eigenvalue weighted by atomic mass is 9.80. The van der Waals surface area contributed by atoms with Gasteiger partial charge in [0.25, 0.3) is 0 Å². The van der Waals surface area contributed by atoms with Gasteiger partial charge in [0, 0.05) is 5.92 Å². The van der Waals surface area contributed by atoms with Crippen molar-refractivity contribution in [3.05, 3.63) is 65.5 Å². The van der Waals surface area contributed by atoms with Crippen LogP contribution in [0.15, 0.2) is 48.5 Å². The molecule has 2 aromatic carbocycles. The van der Waals surface area contributed by atoms with Crippen molar-refractivity contribution in [2.75, 3.05) is 20.3 Å². The number of Topliss-reactive ketones (excluding diaryl/α,β-unsaturated/α-hetero) is 1. The molecule has 2 saturated heterocycles. The number of carbonyl (C=O) groups excluding carboxylic acids is 2. The minimum atomic E-state index is -0.482. The van der Waals surface area contributed by atoms with Gasteiger partial charge in [-0.25, -0.2) is 9.18 Å². The van der Waals surface area contributed by atoms with Crippen LogP contribution in [0.3, 0.4) is 0 Å². The number of halogens is 1. The molecule has 2 unspecified atom stereocenters. The first-order valence-corrected chi connectivity index (χ1v) is 10.0. The van der Waals surface area contributed by atoms with E-state index in [-0.39, 0.29) is 36.0 Å². The number of rotatable bonds is 5. The van der Waals surface area contributed by atoms with Crippen LogP contribution in [0.25, 0.3) is 0 Å². The van der Waals surface area contributed by atoms with E-state index in [0.29, 0.717) is 31.8 Å². The van der Waals surface area contributed by atoms with Gasteiger partial charge >= 0.3 is 6.09 Å². The maximum atomic E-state index is 13.7. The summed E-state index contributed by atoms with van der Waals surface area (Å²) in [5.41, 5.74) is 1.15. The number of amides is 1. The van der Waals surface area contributed by atoms with Crippen LogP contribution in [0.5, 0.6) is 5.75 Å². The van der Waals surface area contributed by atoms with Gasteiger partial charge in [-0.3, -0.25) is 9.69 Å². The minimum Gasteiger partial charge on any atom is -0.496 e. The third kappa shape index (κ3) is 4.16. The topological polar surface area (TPSA) is 65.1 Å². The SMILES string of the molecule is COc1ccc(F)cc1C(=O)C1CC2COCC(C1)N2C(=O)OCc1ccccc1. The number of nitrogens with zero attached hydrogens (tertiary/aromatic N) is 1. The van der Waals surface area contributed by atoms with Crippen LogP contribution < -0.4 is 4.74 Å². The Balaban J connectivity index is 1.46. The summed E-state index contributed by atoms with van der Waals surface area (Å²) in [5, 5.41) is 0. The van der Waals surface area contributed by atoms with Crippen LogP contribution in [0.4, 0.5) is 9.18 Å². The molecule has 4 rings (SSSR count). The van der Waals surface area contributed by atoms with Crippen LogP contribution in [-0.2, 0) is 16.1 Å². The van der Waals surface area contributed by atoms with Crippen LogP contribution in [-0.4, -0.2) is 49.2 Å². The van der Waals surface area contributed by atoms with Gasteiger partial charge in [0.2, 0.25) is 0 Å². The van der Waals surface area contributed by atoms with Gasteiger partial charge in [0.1, 0.15) is 18.2 Å². The fourth-order valence-electron chi connectivity index (χ4n) is 4.31. The van der Waals surface area contributed by atoms with Gasteiger partial charge in [0.15, 0.2) is 5.78 Å². The summed E-state index contributed by atoms with van der Waals surface area (Å²) >= 11 is 0. The minimum absolute atomic E-state index is 0.166. The van der Waals surface area contributed by atoms with Crippen molar-refractivity contribution >= 4 is 11.9 Å². The van der Waals surface area contributed by atoms with E-state index >= 15 is 0 Å². The number of benzene rings is 2. The zero-order valence-electron chi connectivity index (χ0n) is 16.8. The van der Waals surface area contributed by atoms with Gasteiger partial charge in [-0.05, 0) is 36.6 Å². The average molecular weight is 413 g/mol. The van der Waals surface area contributed by atoms with Gasteiger partial charge in [-0.15, -0.1) is 0 Å². The lowest BCUT2D eigenvalue weighted by Crippen LogP contribution is -2.59. The van der Waals surface area contributed by atoms with Gasteiger partial charge in [0.05, 0.1) is 38.0 Å². The highest BCUT2D eigenvalue weighted by Crippen LogP contribution is 2.35. The molecular weight excluding hydrogens is 389 g/mol. The smallest absolute Gasteiger partial charge is 0.410 e. The van der Waals surface area contributed by atoms with E-state index in [1.54, 1.807) is 4.90 Å². The zero-order valence-corrected chi connectivity index (χ0v) is 16.8. The highest BCUT2D eigenvalue weighted by atomic mass is 19.1. The van der Waals surface area contributed by atoms with Gasteiger partial charge < -0.3 is 14.2 Å². The Morgan fingerprint density at radius 1 is 1.10 bits per heavy atom. The van der Waals surface area contributed by atoms with Crippen molar-refractivity contribution < 1.29 is 28.2 Å². The lowest BCUT2D eigenvalue weighted by Gasteiger charge is -2.47. The summed E-state index contributed by atoms with van der Waals surface area (Å²) in [6, 6.07) is 12.9. The molecule has 2 atom stereocenters. The molecule has 30 heavy (non-hydrogen) atoms. The van der Waals surface area contributed by atoms with Gasteiger partial charge in [-0.2, -0.15) is 0 Å². The summed E-state index contributed by atoms with van der Waals surface area (Å²) < 4.78 is 30.1. The number of carbonyl (C=O) groups is 2. The van der Waals surface area contributed by atoms with Crippen molar-refractivity contribution in [1.82, 2.24) is 4.90 Å². The molecule has 2 aliphatic heterocycles. The Bertz CT molecular complexity index is 905. The number of hydrogen-bond donors (Lipinski definition) is 0. The first kappa shape index (κ1) is 20.3. The maximum Gasteiger partial charge on any atom is 0.410 e. The molecule has 0 N–H and O–H groups in total. The largest absolute Gasteiger partial charge is 0.496 e. The second-order valence-corrected chi connectivity index (χ2v) is 7.67. The highest BCUT2D eigenvalue weighted by Gasteiger charge is 2.44. The number of ketones is 1. The predicted octanol–water partition coefficient (Wildman–Crippen LogP) is 3.83. The standard InChI is InChI=1S/C23H24FNO5/c1-28-21-8-7-17(24)11-20(21)22(26)16-9-18-13-29-14-19(10-16)25(18)23(27)30-12-15-5-3-2-4-6-15/h2-8,11,16,18-19H,9-10,12-14H2,1H3. The van der Waals surface area contributed by atoms with Crippen molar-refractivity contribution in [3.63, 3.8) is 0 Å². The van der Waals surface area contributed by atoms with E-state index < -0.39 is 11.9 Å². The molecule has 2 fully saturated rings. The summed E-state index contributed by atoms with van der Waals surface area (Å²) in [7, 11) is 1.46. The summed E-state index contributed by atoms with van der Waals surface area (Å²) in [6.07, 6.45) is 0.483. The van der Waals surface area contributed by atoms with Crippen molar-refractivity contribution in [1.29, 1.82) is 0 Å². The molecule has 1 amide bonds. The number of methoxy groups -OCH3 is 1. The molecule has 2 aliphatic rings. The second-order valence-electron chi connectivity index (χ2n) is 7.67. The van der Waals surface area contributed by atoms with E-state index in [0.717, 1.165) is 5.56 Å². The van der Waals surface area contributed by atoms with Crippen LogP contribution in [0, 0.1) is 11.7 Å². The summed E-state index contributed by atoms with van der Waals surface area (Å²) in [6.45, 7) is 0.890. The number of ether oxygens (including phenoxy) is 3. The lowest BCUT2D eigenvalue weighted by molar-refractivity contribution is -0.0755. The van der Waals surface area contributed by atoms with Crippen molar-refractivity contribution in [3.8, 4) is 5.75 Å². The molecule has 2 heterocycles. The third-order valence-electron chi connectivity index (χ3n) is 5.73. The quantitative estimate of drug-likeness (QED) is 0.697. The maximum absolute atomic E-state index is 13.7. The number of fused-ring (bicyclic) bond motifs is 2. The molecule has 2 bridgehead atoms. The van der Waals surface area contributed by atoms with E-state index in [4.69, 9.17) is 14.2 Å². The Morgan fingerprint density at radius 3 is 2.47 bits per heavy atom. The Labute approximate surface area is 174 Å². The number of morpholine rings is 1. The molecule has 0 aromatic heterocycles. The Hall–Kier alpha value is -2.93. The highest BCUT2D eigenvalue weighted by molar-refractivity contribution is 6.00. The summed E-state index contributed by atoms with van der Waals surface area (Å²) in [4.78, 5) is 27.6. The monoisotopic (exact) mass is 413 g/mol. The normalized spacial score (nSPS) is 23.0. The number of piperidine rings is 1. The first-order chi connectivity index (χ1) is 14.6. The molecule has 0 spiro atoms. The van der Waals surface area contributed by atoms with E-state index in [9.17, 15) is 14.0 Å². The van der Waals surface area contributed by atoms with Crippen molar-refractivity contribution in [2.24, 2.45) is 5.92 Å². The molecule has 0 radical (unpaired) electrons. The summed E-state index contributed by atoms with van der Waals surface area (Å²) in [5.74, 6) is -0.629. The fraction of sp³-hybridized carbons (Fsp3) is 0.391. The molecule has 158 valence electrons. The predicted molar refractivity (Wildman–Crippen MR) is 107 cm³/mol. The van der Waals surface area contributed by atoms with E-state index in [1.165, 1.54) is 25.3 Å². The van der Waals surface area contributed by atoms with Crippen molar-refractivity contribution in [2.45, 2.75) is 31.5 Å². The first-order valence-electron chi connectivity index (χ1n) is 10.0. The van der Waals surface area contributed by atoms with E-state index in [2.05, 4.69) is 0 Å². The zero-order chi connectivity index (χ0) is 21.1. The van der Waals surface area contributed by atoms with Gasteiger partial charge in [-0.1, -0.05) is 30.3 Å².